The number of aromatic nitrogens is 5. The SMILES string of the molecule is C=CC(=O)N1CCC(n2nnc(-c3cc(OCCN(C)C)c4c(C#N)cnn4c3)c2C)CC1. The minimum atomic E-state index is -0.0319. The number of nitriles is 1. The quantitative estimate of drug-likeness (QED) is 0.510. The normalized spacial score (nSPS) is 14.6. The Kier molecular flexibility index (Phi) is 6.42. The molecule has 33 heavy (non-hydrogen) atoms. The third kappa shape index (κ3) is 4.45. The Bertz CT molecular complexity index is 1210. The second-order valence-electron chi connectivity index (χ2n) is 8.44. The predicted molar refractivity (Wildman–Crippen MR) is 123 cm³/mol. The van der Waals surface area contributed by atoms with Crippen LogP contribution in [0.1, 0.15) is 30.1 Å². The van der Waals surface area contributed by atoms with Gasteiger partial charge in [-0.15, -0.1) is 5.10 Å². The molecule has 10 nitrogen and oxygen atoms in total. The van der Waals surface area contributed by atoms with Gasteiger partial charge in [0.05, 0.1) is 17.9 Å². The van der Waals surface area contributed by atoms with Crippen molar-refractivity contribution in [2.45, 2.75) is 25.8 Å². The molecule has 0 aliphatic carbocycles. The van der Waals surface area contributed by atoms with Crippen molar-refractivity contribution in [2.24, 2.45) is 0 Å². The molecule has 0 bridgehead atoms. The van der Waals surface area contributed by atoms with Gasteiger partial charge >= 0.3 is 0 Å². The largest absolute Gasteiger partial charge is 0.490 e. The van der Waals surface area contributed by atoms with E-state index in [4.69, 9.17) is 4.74 Å². The summed E-state index contributed by atoms with van der Waals surface area (Å²) in [6.07, 6.45) is 6.37. The topological polar surface area (TPSA) is 105 Å². The molecule has 0 unspecified atom stereocenters. The van der Waals surface area contributed by atoms with Gasteiger partial charge < -0.3 is 14.5 Å². The van der Waals surface area contributed by atoms with Crippen LogP contribution >= 0.6 is 0 Å². The molecule has 0 saturated carbocycles. The summed E-state index contributed by atoms with van der Waals surface area (Å²) >= 11 is 0. The zero-order valence-corrected chi connectivity index (χ0v) is 19.2. The van der Waals surface area contributed by atoms with E-state index in [2.05, 4.69) is 28.1 Å². The van der Waals surface area contributed by atoms with Gasteiger partial charge in [-0.05, 0) is 46.0 Å². The molecule has 1 aliphatic heterocycles. The van der Waals surface area contributed by atoms with E-state index < -0.39 is 0 Å². The van der Waals surface area contributed by atoms with Gasteiger partial charge in [0.25, 0.3) is 0 Å². The fraction of sp³-hybridized carbons (Fsp3) is 0.435. The lowest BCUT2D eigenvalue weighted by Crippen LogP contribution is -2.38. The van der Waals surface area contributed by atoms with Crippen LogP contribution in [-0.4, -0.2) is 80.7 Å². The first kappa shape index (κ1) is 22.5. The van der Waals surface area contributed by atoms with Crippen LogP contribution in [0.5, 0.6) is 5.75 Å². The maximum absolute atomic E-state index is 11.9. The van der Waals surface area contributed by atoms with Crippen molar-refractivity contribution in [3.8, 4) is 23.1 Å². The summed E-state index contributed by atoms with van der Waals surface area (Å²) in [5.41, 5.74) is 3.60. The van der Waals surface area contributed by atoms with Crippen molar-refractivity contribution in [2.75, 3.05) is 40.3 Å². The summed E-state index contributed by atoms with van der Waals surface area (Å²) in [5, 5.41) is 22.7. The number of fused-ring (bicyclic) bond motifs is 1. The number of likely N-dealkylation sites (tertiary alicyclic amines) is 1. The molecule has 0 radical (unpaired) electrons. The van der Waals surface area contributed by atoms with Gasteiger partial charge in [0.1, 0.15) is 35.2 Å². The van der Waals surface area contributed by atoms with Crippen molar-refractivity contribution < 1.29 is 9.53 Å². The molecule has 1 aliphatic rings. The summed E-state index contributed by atoms with van der Waals surface area (Å²) in [6.45, 7) is 8.14. The number of carbonyl (C=O) groups is 1. The smallest absolute Gasteiger partial charge is 0.245 e. The number of nitrogens with zero attached hydrogens (tertiary/aromatic N) is 8. The van der Waals surface area contributed by atoms with E-state index in [-0.39, 0.29) is 11.9 Å². The van der Waals surface area contributed by atoms with Gasteiger partial charge in [-0.3, -0.25) is 4.79 Å². The van der Waals surface area contributed by atoms with E-state index in [0.717, 1.165) is 36.3 Å². The van der Waals surface area contributed by atoms with Crippen LogP contribution in [0.15, 0.2) is 31.1 Å². The van der Waals surface area contributed by atoms with E-state index in [1.165, 1.54) is 6.08 Å². The van der Waals surface area contributed by atoms with Gasteiger partial charge in [-0.25, -0.2) is 9.20 Å². The van der Waals surface area contributed by atoms with Crippen molar-refractivity contribution >= 4 is 11.4 Å². The molecule has 172 valence electrons. The molecule has 4 rings (SSSR count). The van der Waals surface area contributed by atoms with Crippen LogP contribution in [0.3, 0.4) is 0 Å². The van der Waals surface area contributed by atoms with E-state index in [1.807, 2.05) is 47.8 Å². The molecule has 1 fully saturated rings. The molecule has 0 spiro atoms. The number of ether oxygens (including phenoxy) is 1. The summed E-state index contributed by atoms with van der Waals surface area (Å²) < 4.78 is 9.66. The summed E-state index contributed by atoms with van der Waals surface area (Å²) in [5.74, 6) is 0.559. The number of hydrogen-bond acceptors (Lipinski definition) is 7. The van der Waals surface area contributed by atoms with Crippen molar-refractivity contribution in [1.29, 1.82) is 5.26 Å². The molecule has 1 saturated heterocycles. The summed E-state index contributed by atoms with van der Waals surface area (Å²) in [7, 11) is 3.96. The van der Waals surface area contributed by atoms with Crippen LogP contribution in [0.25, 0.3) is 16.8 Å². The Balaban J connectivity index is 1.63. The molecule has 0 atom stereocenters. The average Bonchev–Trinajstić information content (AvgIpc) is 3.41. The Morgan fingerprint density at radius 2 is 2.15 bits per heavy atom. The summed E-state index contributed by atoms with van der Waals surface area (Å²) in [4.78, 5) is 15.7. The lowest BCUT2D eigenvalue weighted by molar-refractivity contribution is -0.127. The van der Waals surface area contributed by atoms with Crippen LogP contribution in [0.4, 0.5) is 0 Å². The first-order valence-corrected chi connectivity index (χ1v) is 11.0. The number of amides is 1. The third-order valence-corrected chi connectivity index (χ3v) is 5.99. The van der Waals surface area contributed by atoms with Crippen molar-refractivity contribution in [3.63, 3.8) is 0 Å². The number of likely N-dealkylation sites (N-methyl/N-ethyl adjacent to an activating group) is 1. The predicted octanol–water partition coefficient (Wildman–Crippen LogP) is 2.06. The maximum atomic E-state index is 11.9. The Hall–Kier alpha value is -3.71. The Morgan fingerprint density at radius 1 is 1.39 bits per heavy atom. The van der Waals surface area contributed by atoms with E-state index >= 15 is 0 Å². The standard InChI is InChI=1S/C23H28N8O2/c1-5-21(32)29-8-6-19(7-9-29)31-16(2)22(26-27-31)17-12-20(33-11-10-28(3)4)23-18(13-24)14-25-30(23)15-17/h5,12,14-15,19H,1,6-11H2,2-4H3. The fourth-order valence-corrected chi connectivity index (χ4v) is 4.16. The highest BCUT2D eigenvalue weighted by Crippen LogP contribution is 2.32. The molecular formula is C23H28N8O2. The van der Waals surface area contributed by atoms with Crippen molar-refractivity contribution in [1.82, 2.24) is 34.4 Å². The first-order valence-electron chi connectivity index (χ1n) is 11.0. The average molecular weight is 449 g/mol. The highest BCUT2D eigenvalue weighted by molar-refractivity contribution is 5.87. The molecular weight excluding hydrogens is 420 g/mol. The number of piperidine rings is 1. The van der Waals surface area contributed by atoms with Crippen LogP contribution in [-0.2, 0) is 4.79 Å². The van der Waals surface area contributed by atoms with E-state index in [0.29, 0.717) is 36.5 Å². The molecule has 4 heterocycles. The number of pyridine rings is 1. The van der Waals surface area contributed by atoms with Crippen LogP contribution in [0, 0.1) is 18.3 Å². The maximum Gasteiger partial charge on any atom is 0.245 e. The van der Waals surface area contributed by atoms with Gasteiger partial charge in [-0.2, -0.15) is 10.4 Å². The van der Waals surface area contributed by atoms with Gasteiger partial charge in [0.15, 0.2) is 0 Å². The highest BCUT2D eigenvalue weighted by Gasteiger charge is 2.26. The molecule has 3 aromatic rings. The molecule has 0 aromatic carbocycles. The lowest BCUT2D eigenvalue weighted by Gasteiger charge is -2.31. The Morgan fingerprint density at radius 3 is 2.82 bits per heavy atom. The Labute approximate surface area is 192 Å². The third-order valence-electron chi connectivity index (χ3n) is 5.99. The van der Waals surface area contributed by atoms with Gasteiger partial charge in [-0.1, -0.05) is 11.8 Å². The highest BCUT2D eigenvalue weighted by atomic mass is 16.5. The second-order valence-corrected chi connectivity index (χ2v) is 8.44. The number of hydrogen-bond donors (Lipinski definition) is 0. The zero-order chi connectivity index (χ0) is 23.5. The molecule has 10 heteroatoms. The fourth-order valence-electron chi connectivity index (χ4n) is 4.16. The number of carbonyl (C=O) groups excluding carboxylic acids is 1. The van der Waals surface area contributed by atoms with Gasteiger partial charge in [0.2, 0.25) is 5.91 Å². The van der Waals surface area contributed by atoms with Crippen molar-refractivity contribution in [3.05, 3.63) is 42.4 Å². The molecule has 1 amide bonds. The van der Waals surface area contributed by atoms with Crippen LogP contribution < -0.4 is 4.74 Å². The second kappa shape index (κ2) is 9.42. The summed E-state index contributed by atoms with van der Waals surface area (Å²) in [6, 6.07) is 4.26. The minimum absolute atomic E-state index is 0.0319. The zero-order valence-electron chi connectivity index (χ0n) is 19.2. The minimum Gasteiger partial charge on any atom is -0.490 e. The van der Waals surface area contributed by atoms with E-state index in [9.17, 15) is 10.1 Å². The number of rotatable bonds is 7. The lowest BCUT2D eigenvalue weighted by atomic mass is 10.0. The molecule has 0 N–H and O–H groups in total. The first-order chi connectivity index (χ1) is 15.9. The van der Waals surface area contributed by atoms with Gasteiger partial charge in [0, 0.05) is 31.4 Å². The monoisotopic (exact) mass is 448 g/mol. The van der Waals surface area contributed by atoms with Crippen LogP contribution in [0.2, 0.25) is 0 Å². The molecule has 3 aromatic heterocycles. The van der Waals surface area contributed by atoms with E-state index in [1.54, 1.807) is 10.7 Å².